The van der Waals surface area contributed by atoms with Gasteiger partial charge < -0.3 is 15.5 Å². The molecular weight excluding hydrogens is 580 g/mol. The first kappa shape index (κ1) is 31.3. The van der Waals surface area contributed by atoms with Crippen LogP contribution in [0.2, 0.25) is 5.02 Å². The summed E-state index contributed by atoms with van der Waals surface area (Å²) in [4.78, 5) is 47.1. The van der Waals surface area contributed by atoms with Crippen molar-refractivity contribution in [3.05, 3.63) is 82.5 Å². The number of anilines is 3. The molecule has 10 nitrogen and oxygen atoms in total. The number of rotatable bonds is 13. The molecular formula is C30H30ClF2N7O3. The van der Waals surface area contributed by atoms with Gasteiger partial charge in [0.05, 0.1) is 29.7 Å². The fourth-order valence-electron chi connectivity index (χ4n) is 5.08. The van der Waals surface area contributed by atoms with Crippen LogP contribution >= 0.6 is 11.6 Å². The van der Waals surface area contributed by atoms with E-state index in [4.69, 9.17) is 11.6 Å². The van der Waals surface area contributed by atoms with E-state index in [1.54, 1.807) is 55.4 Å². The van der Waals surface area contributed by atoms with Crippen LogP contribution in [0.15, 0.2) is 60.8 Å². The third kappa shape index (κ3) is 7.07. The van der Waals surface area contributed by atoms with Crippen molar-refractivity contribution in [2.45, 2.75) is 37.4 Å². The molecule has 0 spiro atoms. The van der Waals surface area contributed by atoms with E-state index in [0.717, 1.165) is 5.56 Å². The van der Waals surface area contributed by atoms with E-state index in [-0.39, 0.29) is 17.5 Å². The Labute approximate surface area is 252 Å². The highest BCUT2D eigenvalue weighted by Gasteiger charge is 2.47. The largest absolute Gasteiger partial charge is 0.354 e. The Morgan fingerprint density at radius 2 is 1.93 bits per heavy atom. The Kier molecular flexibility index (Phi) is 9.90. The summed E-state index contributed by atoms with van der Waals surface area (Å²) in [6, 6.07) is 14.7. The van der Waals surface area contributed by atoms with Crippen LogP contribution in [-0.4, -0.2) is 56.4 Å². The lowest BCUT2D eigenvalue weighted by Gasteiger charge is -2.38. The number of hydrogen-bond acceptors (Lipinski definition) is 7. The second-order valence-corrected chi connectivity index (χ2v) is 10.6. The van der Waals surface area contributed by atoms with Crippen molar-refractivity contribution in [2.75, 3.05) is 35.5 Å². The molecule has 1 atom stereocenters. The van der Waals surface area contributed by atoms with E-state index >= 15 is 0 Å². The van der Waals surface area contributed by atoms with Crippen LogP contribution < -0.4 is 25.3 Å². The number of nitrogens with zero attached hydrogens (tertiary/aromatic N) is 5. The van der Waals surface area contributed by atoms with Crippen LogP contribution in [0.5, 0.6) is 0 Å². The Bertz CT molecular complexity index is 1530. The Balaban J connectivity index is 1.78. The smallest absolute Gasteiger partial charge is 0.252 e. The normalized spacial score (nSPS) is 14.5. The number of benzene rings is 2. The van der Waals surface area contributed by atoms with Crippen molar-refractivity contribution in [2.24, 2.45) is 0 Å². The molecule has 2 aromatic carbocycles. The minimum absolute atomic E-state index is 0.0358. The highest BCUT2D eigenvalue weighted by atomic mass is 35.5. The molecule has 0 bridgehead atoms. The second kappa shape index (κ2) is 13.6. The number of pyridine rings is 1. The number of aromatic nitrogens is 1. The predicted molar refractivity (Wildman–Crippen MR) is 159 cm³/mol. The van der Waals surface area contributed by atoms with Gasteiger partial charge in [-0.1, -0.05) is 41.9 Å². The molecule has 13 heteroatoms. The maximum Gasteiger partial charge on any atom is 0.252 e. The zero-order valence-corrected chi connectivity index (χ0v) is 24.3. The summed E-state index contributed by atoms with van der Waals surface area (Å²) in [6.45, 7) is 0.329. The quantitative estimate of drug-likeness (QED) is 0.222. The molecule has 1 aromatic heterocycles. The summed E-state index contributed by atoms with van der Waals surface area (Å²) in [5.74, 6) is -3.28. The number of alkyl halides is 2. The van der Waals surface area contributed by atoms with Gasteiger partial charge in [0, 0.05) is 49.3 Å². The van der Waals surface area contributed by atoms with E-state index in [1.165, 1.54) is 28.1 Å². The van der Waals surface area contributed by atoms with Gasteiger partial charge in [-0.2, -0.15) is 5.26 Å². The molecule has 1 fully saturated rings. The lowest BCUT2D eigenvalue weighted by Crippen LogP contribution is -2.53. The van der Waals surface area contributed by atoms with E-state index in [9.17, 15) is 28.4 Å². The van der Waals surface area contributed by atoms with Gasteiger partial charge in [-0.05, 0) is 36.9 Å². The summed E-state index contributed by atoms with van der Waals surface area (Å²) in [6.07, 6.45) is 1.50. The van der Waals surface area contributed by atoms with Crippen molar-refractivity contribution in [3.63, 3.8) is 0 Å². The van der Waals surface area contributed by atoms with Crippen LogP contribution in [0.3, 0.4) is 0 Å². The minimum atomic E-state index is -2.86. The predicted octanol–water partition coefficient (Wildman–Crippen LogP) is 4.00. The Morgan fingerprint density at radius 1 is 1.19 bits per heavy atom. The van der Waals surface area contributed by atoms with Gasteiger partial charge in [-0.25, -0.2) is 13.8 Å². The molecule has 3 aromatic rings. The zero-order chi connectivity index (χ0) is 31.1. The average Bonchev–Trinajstić information content (AvgIpc) is 2.98. The summed E-state index contributed by atoms with van der Waals surface area (Å²) >= 11 is 6.51. The number of nitrogens with one attached hydrogen (secondary N) is 2. The number of halogens is 3. The summed E-state index contributed by atoms with van der Waals surface area (Å²) in [5.41, 5.74) is 2.18. The minimum Gasteiger partial charge on any atom is -0.354 e. The lowest BCUT2D eigenvalue weighted by atomic mass is 9.87. The monoisotopic (exact) mass is 609 g/mol. The number of carbonyl (C=O) groups excluding carboxylic acids is 3. The molecule has 1 saturated carbocycles. The van der Waals surface area contributed by atoms with Crippen molar-refractivity contribution >= 4 is 47.5 Å². The molecule has 1 aliphatic rings. The molecule has 0 radical (unpaired) electrons. The van der Waals surface area contributed by atoms with Gasteiger partial charge in [0.25, 0.3) is 5.92 Å². The topological polar surface area (TPSA) is 122 Å². The van der Waals surface area contributed by atoms with Gasteiger partial charge >= 0.3 is 0 Å². The molecule has 3 amide bonds. The maximum atomic E-state index is 13.7. The van der Waals surface area contributed by atoms with Gasteiger partial charge in [0.2, 0.25) is 18.7 Å². The zero-order valence-electron chi connectivity index (χ0n) is 23.5. The molecule has 2 N–H and O–H groups in total. The molecule has 224 valence electrons. The number of nitriles is 1. The van der Waals surface area contributed by atoms with Crippen LogP contribution in [0.1, 0.15) is 35.6 Å². The van der Waals surface area contributed by atoms with Gasteiger partial charge in [-0.3, -0.25) is 24.2 Å². The molecule has 1 aliphatic carbocycles. The number of amides is 3. The van der Waals surface area contributed by atoms with E-state index < -0.39 is 36.8 Å². The average molecular weight is 610 g/mol. The van der Waals surface area contributed by atoms with Gasteiger partial charge in [-0.15, -0.1) is 0 Å². The lowest BCUT2D eigenvalue weighted by molar-refractivity contribution is -0.131. The van der Waals surface area contributed by atoms with Crippen molar-refractivity contribution < 1.29 is 23.2 Å². The van der Waals surface area contributed by atoms with Crippen molar-refractivity contribution in [3.8, 4) is 6.07 Å². The summed E-state index contributed by atoms with van der Waals surface area (Å²) in [5, 5.41) is 15.2. The number of carbonyl (C=O) groups is 3. The maximum absolute atomic E-state index is 13.7. The van der Waals surface area contributed by atoms with E-state index in [2.05, 4.69) is 15.6 Å². The van der Waals surface area contributed by atoms with Crippen LogP contribution in [0.4, 0.5) is 26.0 Å². The fraction of sp³-hybridized carbons (Fsp3) is 0.300. The van der Waals surface area contributed by atoms with E-state index in [1.807, 2.05) is 12.1 Å². The Morgan fingerprint density at radius 3 is 2.56 bits per heavy atom. The first-order valence-electron chi connectivity index (χ1n) is 13.3. The van der Waals surface area contributed by atoms with Crippen LogP contribution in [0.25, 0.3) is 0 Å². The molecule has 4 rings (SSSR count). The molecule has 0 aliphatic heterocycles. The molecule has 1 unspecified atom stereocenters. The molecule has 43 heavy (non-hydrogen) atoms. The van der Waals surface area contributed by atoms with Crippen LogP contribution in [-0.2, 0) is 20.9 Å². The summed E-state index contributed by atoms with van der Waals surface area (Å²) < 4.78 is 27.1. The van der Waals surface area contributed by atoms with Gasteiger partial charge in [0.15, 0.2) is 0 Å². The van der Waals surface area contributed by atoms with Gasteiger partial charge in [0.1, 0.15) is 11.9 Å². The third-order valence-electron chi connectivity index (χ3n) is 7.06. The summed E-state index contributed by atoms with van der Waals surface area (Å²) in [7, 11) is 3.45. The van der Waals surface area contributed by atoms with Crippen molar-refractivity contribution in [1.29, 1.82) is 5.26 Å². The SMILES string of the molecule is CNCc1cccc(N(C=O)C(C(=O)NC2CC(F)(F)C2)c2ccccc2Cl)c1N(C)CN(C=O)c1cc(C#N)ccn1. The fourth-order valence-corrected chi connectivity index (χ4v) is 5.32. The highest BCUT2D eigenvalue weighted by Crippen LogP contribution is 2.40. The standard InChI is InChI=1S/C30H30ClF2N7O3/c1-35-16-21-6-5-9-25(27(21)38(2)17-39(18-41)26-12-20(15-34)10-11-36-26)40(19-42)28(23-7-3-4-8-24(23)31)29(43)37-22-13-30(32,33)14-22/h3-12,18-19,22,28,35H,13-14,16-17H2,1-2H3,(H,37,43). The van der Waals surface area contributed by atoms with Crippen molar-refractivity contribution in [1.82, 2.24) is 15.6 Å². The van der Waals surface area contributed by atoms with Crippen LogP contribution in [0, 0.1) is 11.3 Å². The first-order valence-corrected chi connectivity index (χ1v) is 13.7. The highest BCUT2D eigenvalue weighted by molar-refractivity contribution is 6.31. The van der Waals surface area contributed by atoms with E-state index in [0.29, 0.717) is 41.9 Å². The second-order valence-electron chi connectivity index (χ2n) is 10.2. The molecule has 0 saturated heterocycles. The molecule has 1 heterocycles. The third-order valence-corrected chi connectivity index (χ3v) is 7.41. The number of para-hydroxylation sites is 1. The Hall–Kier alpha value is -4.60. The first-order chi connectivity index (χ1) is 20.6. The number of hydrogen-bond donors (Lipinski definition) is 2.